The second-order valence-electron chi connectivity index (χ2n) is 13.8. The third kappa shape index (κ3) is 7.67. The first-order chi connectivity index (χ1) is 22.6. The molecule has 2 saturated heterocycles. The Labute approximate surface area is 289 Å². The van der Waals surface area contributed by atoms with Gasteiger partial charge in [-0.3, -0.25) is 14.6 Å². The third-order valence-electron chi connectivity index (χ3n) is 9.52. The SMILES string of the molecule is Cc1cc(C(=O)N2CCC(C)(O)CC2)cc(C)c1/C=C/S(=O)(=O)N1CCC2(CC1)N=C(c1ccc(Cl)c(OC(C)(C)C(F)(F)F)c1)NC2=O. The molecule has 10 nitrogen and oxygen atoms in total. The largest absolute Gasteiger partial charge is 0.477 e. The number of hydrogen-bond acceptors (Lipinski definition) is 7. The Kier molecular flexibility index (Phi) is 9.78. The van der Waals surface area contributed by atoms with Crippen molar-refractivity contribution < 1.29 is 41.0 Å². The molecule has 2 amide bonds. The van der Waals surface area contributed by atoms with Gasteiger partial charge in [-0.15, -0.1) is 0 Å². The molecule has 266 valence electrons. The van der Waals surface area contributed by atoms with Gasteiger partial charge in [-0.2, -0.15) is 17.5 Å². The van der Waals surface area contributed by atoms with E-state index in [1.807, 2.05) is 13.8 Å². The lowest BCUT2D eigenvalue weighted by atomic mass is 9.89. The minimum absolute atomic E-state index is 0.0136. The fourth-order valence-corrected chi connectivity index (χ4v) is 7.47. The molecule has 0 radical (unpaired) electrons. The molecule has 3 aliphatic heterocycles. The molecule has 2 aromatic carbocycles. The molecule has 2 fully saturated rings. The molecule has 0 aliphatic carbocycles. The van der Waals surface area contributed by atoms with E-state index < -0.39 is 38.8 Å². The van der Waals surface area contributed by atoms with E-state index in [4.69, 9.17) is 16.3 Å². The molecule has 2 N–H and O–H groups in total. The summed E-state index contributed by atoms with van der Waals surface area (Å²) in [5, 5.41) is 14.0. The first-order valence-corrected chi connectivity index (χ1v) is 17.8. The number of nitrogens with zero attached hydrogens (tertiary/aromatic N) is 3. The predicted molar refractivity (Wildman–Crippen MR) is 180 cm³/mol. The number of likely N-dealkylation sites (tertiary alicyclic amines) is 1. The lowest BCUT2D eigenvalue weighted by molar-refractivity contribution is -0.234. The van der Waals surface area contributed by atoms with Gasteiger partial charge in [-0.05, 0) is 113 Å². The van der Waals surface area contributed by atoms with Gasteiger partial charge in [0, 0.05) is 42.7 Å². The van der Waals surface area contributed by atoms with E-state index in [-0.39, 0.29) is 48.4 Å². The molecule has 0 bridgehead atoms. The van der Waals surface area contributed by atoms with E-state index in [1.54, 1.807) is 24.0 Å². The van der Waals surface area contributed by atoms with Crippen molar-refractivity contribution in [3.63, 3.8) is 0 Å². The van der Waals surface area contributed by atoms with Crippen LogP contribution in [0.3, 0.4) is 0 Å². The predicted octanol–water partition coefficient (Wildman–Crippen LogP) is 5.38. The molecule has 3 aliphatic rings. The Hall–Kier alpha value is -3.46. The van der Waals surface area contributed by atoms with Gasteiger partial charge in [0.1, 0.15) is 17.1 Å². The number of halogens is 4. The molecule has 49 heavy (non-hydrogen) atoms. The van der Waals surface area contributed by atoms with Crippen LogP contribution in [0.2, 0.25) is 5.02 Å². The molecule has 0 aromatic heterocycles. The van der Waals surface area contributed by atoms with Gasteiger partial charge < -0.3 is 20.1 Å². The van der Waals surface area contributed by atoms with Crippen LogP contribution in [0.25, 0.3) is 6.08 Å². The molecule has 2 aromatic rings. The van der Waals surface area contributed by atoms with Crippen molar-refractivity contribution in [1.82, 2.24) is 14.5 Å². The first kappa shape index (κ1) is 36.8. The summed E-state index contributed by atoms with van der Waals surface area (Å²) in [4.78, 5) is 32.6. The summed E-state index contributed by atoms with van der Waals surface area (Å²) < 4.78 is 73.5. The number of piperidine rings is 2. The van der Waals surface area contributed by atoms with Gasteiger partial charge in [0.25, 0.3) is 11.8 Å². The standard InChI is InChI=1S/C34H40ClF3N4O6S/c1-21-18-24(29(43)41-13-9-32(5,45)10-14-41)19-22(2)25(21)8-17-49(46,47)42-15-11-33(12-16-42)30(44)39-28(40-33)23-6-7-26(35)27(20-23)48-31(3,4)34(36,37)38/h6-8,17-20,45H,9-16H2,1-5H3,(H,39,40,44)/b17-8+. The van der Waals surface area contributed by atoms with E-state index >= 15 is 0 Å². The molecule has 0 unspecified atom stereocenters. The van der Waals surface area contributed by atoms with E-state index in [2.05, 4.69) is 10.3 Å². The highest BCUT2D eigenvalue weighted by molar-refractivity contribution is 7.92. The van der Waals surface area contributed by atoms with Gasteiger partial charge >= 0.3 is 6.18 Å². The molecule has 1 spiro atoms. The van der Waals surface area contributed by atoms with Gasteiger partial charge in [-0.25, -0.2) is 8.42 Å². The Bertz CT molecular complexity index is 1800. The van der Waals surface area contributed by atoms with Crippen molar-refractivity contribution in [2.45, 2.75) is 83.2 Å². The number of carbonyl (C=O) groups excluding carboxylic acids is 2. The van der Waals surface area contributed by atoms with Crippen LogP contribution in [0.15, 0.2) is 40.7 Å². The van der Waals surface area contributed by atoms with Gasteiger partial charge in [0.2, 0.25) is 10.0 Å². The molecule has 5 rings (SSSR count). The summed E-state index contributed by atoms with van der Waals surface area (Å²) >= 11 is 6.12. The molecular weight excluding hydrogens is 685 g/mol. The summed E-state index contributed by atoms with van der Waals surface area (Å²) in [6.07, 6.45) is -1.98. The van der Waals surface area contributed by atoms with Crippen LogP contribution in [0.5, 0.6) is 5.75 Å². The topological polar surface area (TPSA) is 129 Å². The summed E-state index contributed by atoms with van der Waals surface area (Å²) in [6, 6.07) is 7.62. The number of amidine groups is 1. The molecule has 0 saturated carbocycles. The zero-order valence-electron chi connectivity index (χ0n) is 27.9. The van der Waals surface area contributed by atoms with Crippen LogP contribution in [0, 0.1) is 13.8 Å². The Balaban J connectivity index is 1.26. The zero-order valence-corrected chi connectivity index (χ0v) is 29.5. The number of amides is 2. The summed E-state index contributed by atoms with van der Waals surface area (Å²) in [5.41, 5.74) is -1.61. The number of alkyl halides is 3. The quantitative estimate of drug-likeness (QED) is 0.395. The second-order valence-corrected chi connectivity index (χ2v) is 16.0. The lowest BCUT2D eigenvalue weighted by Gasteiger charge is -2.36. The Morgan fingerprint density at radius 3 is 2.20 bits per heavy atom. The average Bonchev–Trinajstić information content (AvgIpc) is 3.31. The summed E-state index contributed by atoms with van der Waals surface area (Å²) in [7, 11) is -3.89. The van der Waals surface area contributed by atoms with Gasteiger partial charge in [0.15, 0.2) is 5.60 Å². The monoisotopic (exact) mass is 724 g/mol. The van der Waals surface area contributed by atoms with Crippen molar-refractivity contribution in [3.8, 4) is 5.75 Å². The van der Waals surface area contributed by atoms with Crippen molar-refractivity contribution in [1.29, 1.82) is 0 Å². The summed E-state index contributed by atoms with van der Waals surface area (Å²) in [5.74, 6) is -0.661. The van der Waals surface area contributed by atoms with Crippen molar-refractivity contribution in [3.05, 3.63) is 68.6 Å². The van der Waals surface area contributed by atoms with E-state index in [0.717, 1.165) is 30.4 Å². The van der Waals surface area contributed by atoms with Crippen LogP contribution >= 0.6 is 11.6 Å². The maximum Gasteiger partial charge on any atom is 0.427 e. The maximum absolute atomic E-state index is 13.4. The van der Waals surface area contributed by atoms with Crippen LogP contribution in [-0.4, -0.2) is 89.5 Å². The van der Waals surface area contributed by atoms with E-state index in [9.17, 15) is 36.3 Å². The summed E-state index contributed by atoms with van der Waals surface area (Å²) in [6.45, 7) is 8.07. The fraction of sp³-hybridized carbons (Fsp3) is 0.500. The molecule has 3 heterocycles. The molecular formula is C34H40ClF3N4O6S. The number of ether oxygens (including phenoxy) is 1. The van der Waals surface area contributed by atoms with Crippen LogP contribution in [0.1, 0.15) is 79.1 Å². The first-order valence-electron chi connectivity index (χ1n) is 15.9. The van der Waals surface area contributed by atoms with Crippen LogP contribution in [0.4, 0.5) is 13.2 Å². The van der Waals surface area contributed by atoms with Crippen LogP contribution < -0.4 is 10.1 Å². The zero-order chi connectivity index (χ0) is 36.2. The van der Waals surface area contributed by atoms with Gasteiger partial charge in [-0.1, -0.05) is 11.6 Å². The number of carbonyl (C=O) groups is 2. The number of aryl methyl sites for hydroxylation is 2. The number of benzene rings is 2. The van der Waals surface area contributed by atoms with Crippen molar-refractivity contribution in [2.24, 2.45) is 4.99 Å². The van der Waals surface area contributed by atoms with E-state index in [0.29, 0.717) is 42.6 Å². The minimum Gasteiger partial charge on any atom is -0.477 e. The number of sulfonamides is 1. The average molecular weight is 725 g/mol. The van der Waals surface area contributed by atoms with Crippen molar-refractivity contribution in [2.75, 3.05) is 26.2 Å². The number of aliphatic imine (C=N–C) groups is 1. The van der Waals surface area contributed by atoms with Gasteiger partial charge in [0.05, 0.1) is 10.6 Å². The minimum atomic E-state index is -4.67. The third-order valence-corrected chi connectivity index (χ3v) is 11.4. The second kappa shape index (κ2) is 13.0. The maximum atomic E-state index is 13.4. The van der Waals surface area contributed by atoms with Crippen LogP contribution in [-0.2, 0) is 14.8 Å². The smallest absolute Gasteiger partial charge is 0.427 e. The highest BCUT2D eigenvalue weighted by Gasteiger charge is 2.50. The highest BCUT2D eigenvalue weighted by atomic mass is 35.5. The number of aliphatic hydroxyl groups is 1. The Morgan fingerprint density at radius 1 is 1.04 bits per heavy atom. The molecule has 0 atom stereocenters. The number of nitrogens with one attached hydrogen (secondary N) is 1. The highest BCUT2D eigenvalue weighted by Crippen LogP contribution is 2.38. The lowest BCUT2D eigenvalue weighted by Crippen LogP contribution is -2.50. The number of rotatable bonds is 7. The van der Waals surface area contributed by atoms with Crippen molar-refractivity contribution >= 4 is 45.4 Å². The number of hydrogen-bond donors (Lipinski definition) is 2. The molecule has 15 heteroatoms. The Morgan fingerprint density at radius 2 is 1.63 bits per heavy atom. The normalized spacial score (nSPS) is 20.1. The van der Waals surface area contributed by atoms with E-state index in [1.165, 1.54) is 28.6 Å². The fourth-order valence-electron chi connectivity index (χ4n) is 6.14.